The van der Waals surface area contributed by atoms with E-state index in [4.69, 9.17) is 5.26 Å². The van der Waals surface area contributed by atoms with Gasteiger partial charge in [0.2, 0.25) is 10.0 Å². The molecule has 0 unspecified atom stereocenters. The van der Waals surface area contributed by atoms with Gasteiger partial charge >= 0.3 is 0 Å². The van der Waals surface area contributed by atoms with Crippen molar-refractivity contribution in [2.75, 3.05) is 26.2 Å². The first-order valence-corrected chi connectivity index (χ1v) is 9.69. The van der Waals surface area contributed by atoms with Gasteiger partial charge in [-0.25, -0.2) is 8.42 Å². The summed E-state index contributed by atoms with van der Waals surface area (Å²) in [6.45, 7) is 2.69. The van der Waals surface area contributed by atoms with Gasteiger partial charge in [-0.2, -0.15) is 9.57 Å². The van der Waals surface area contributed by atoms with E-state index in [1.54, 1.807) is 10.4 Å². The van der Waals surface area contributed by atoms with Gasteiger partial charge in [-0.15, -0.1) is 0 Å². The second kappa shape index (κ2) is 6.28. The summed E-state index contributed by atoms with van der Waals surface area (Å²) in [4.78, 5) is 2.65. The number of nitrogens with zero attached hydrogens (tertiary/aromatic N) is 3. The molecule has 0 aromatic heterocycles. The standard InChI is InChI=1S/C15H18BrN3O2S/c16-15-10-14(5-4-12(15)11-17)22(20,21)19-8-6-18(7-9-19)13-2-1-3-13/h4-5,10,13H,1-3,6-9H2. The SMILES string of the molecule is N#Cc1ccc(S(=O)(=O)N2CCN(C3CCC3)CC2)cc1Br. The van der Waals surface area contributed by atoms with Crippen LogP contribution in [-0.2, 0) is 10.0 Å². The first-order chi connectivity index (χ1) is 10.5. The Hall–Kier alpha value is -0.940. The van der Waals surface area contributed by atoms with E-state index in [0.29, 0.717) is 29.2 Å². The van der Waals surface area contributed by atoms with Crippen LogP contribution in [0.3, 0.4) is 0 Å². The van der Waals surface area contributed by atoms with Crippen molar-refractivity contribution in [1.82, 2.24) is 9.21 Å². The largest absolute Gasteiger partial charge is 0.298 e. The molecule has 118 valence electrons. The van der Waals surface area contributed by atoms with Gasteiger partial charge in [0.25, 0.3) is 0 Å². The first-order valence-electron chi connectivity index (χ1n) is 7.46. The van der Waals surface area contributed by atoms with Crippen molar-refractivity contribution in [1.29, 1.82) is 5.26 Å². The predicted molar refractivity (Wildman–Crippen MR) is 86.8 cm³/mol. The van der Waals surface area contributed by atoms with E-state index in [2.05, 4.69) is 20.8 Å². The summed E-state index contributed by atoms with van der Waals surface area (Å²) in [5.41, 5.74) is 0.439. The van der Waals surface area contributed by atoms with Crippen molar-refractivity contribution in [2.24, 2.45) is 0 Å². The highest BCUT2D eigenvalue weighted by molar-refractivity contribution is 9.10. The van der Waals surface area contributed by atoms with E-state index in [0.717, 1.165) is 13.1 Å². The Morgan fingerprint density at radius 1 is 1.18 bits per heavy atom. The molecule has 2 fully saturated rings. The molecule has 0 radical (unpaired) electrons. The van der Waals surface area contributed by atoms with Gasteiger partial charge in [-0.3, -0.25) is 4.90 Å². The van der Waals surface area contributed by atoms with Gasteiger partial charge in [0.15, 0.2) is 0 Å². The molecule has 1 aliphatic heterocycles. The second-order valence-electron chi connectivity index (χ2n) is 5.78. The third-order valence-electron chi connectivity index (χ3n) is 4.56. The van der Waals surface area contributed by atoms with Crippen LogP contribution in [0.15, 0.2) is 27.6 Å². The number of rotatable bonds is 3. The minimum Gasteiger partial charge on any atom is -0.298 e. The fourth-order valence-corrected chi connectivity index (χ4v) is 5.02. The summed E-state index contributed by atoms with van der Waals surface area (Å²) in [6, 6.07) is 7.26. The second-order valence-corrected chi connectivity index (χ2v) is 8.57. The zero-order chi connectivity index (χ0) is 15.7. The van der Waals surface area contributed by atoms with E-state index >= 15 is 0 Å². The van der Waals surface area contributed by atoms with Gasteiger partial charge in [0.1, 0.15) is 6.07 Å². The van der Waals surface area contributed by atoms with Crippen LogP contribution in [0.2, 0.25) is 0 Å². The molecule has 0 spiro atoms. The van der Waals surface area contributed by atoms with E-state index in [9.17, 15) is 8.42 Å². The van der Waals surface area contributed by atoms with Crippen LogP contribution in [0.5, 0.6) is 0 Å². The molecule has 2 aliphatic rings. The Balaban J connectivity index is 1.73. The molecule has 22 heavy (non-hydrogen) atoms. The Morgan fingerprint density at radius 3 is 2.36 bits per heavy atom. The topological polar surface area (TPSA) is 64.4 Å². The lowest BCUT2D eigenvalue weighted by Crippen LogP contribution is -2.53. The molecular formula is C15H18BrN3O2S. The van der Waals surface area contributed by atoms with Crippen molar-refractivity contribution in [3.05, 3.63) is 28.2 Å². The van der Waals surface area contributed by atoms with Gasteiger partial charge in [-0.1, -0.05) is 6.42 Å². The summed E-state index contributed by atoms with van der Waals surface area (Å²) in [5.74, 6) is 0. The van der Waals surface area contributed by atoms with Crippen LogP contribution in [0.4, 0.5) is 0 Å². The van der Waals surface area contributed by atoms with Crippen LogP contribution in [0, 0.1) is 11.3 Å². The normalized spacial score (nSPS) is 21.3. The zero-order valence-electron chi connectivity index (χ0n) is 12.2. The zero-order valence-corrected chi connectivity index (χ0v) is 14.6. The number of benzene rings is 1. The van der Waals surface area contributed by atoms with Crippen molar-refractivity contribution in [3.8, 4) is 6.07 Å². The molecule has 3 rings (SSSR count). The molecule has 1 heterocycles. The molecule has 1 aromatic carbocycles. The van der Waals surface area contributed by atoms with E-state index < -0.39 is 10.0 Å². The Labute approximate surface area is 139 Å². The fourth-order valence-electron chi connectivity index (χ4n) is 2.96. The number of hydrogen-bond acceptors (Lipinski definition) is 4. The maximum Gasteiger partial charge on any atom is 0.243 e. The molecule has 5 nitrogen and oxygen atoms in total. The molecule has 1 aromatic rings. The van der Waals surface area contributed by atoms with Crippen molar-refractivity contribution in [3.63, 3.8) is 0 Å². The number of sulfonamides is 1. The third kappa shape index (κ3) is 2.93. The quantitative estimate of drug-likeness (QED) is 0.802. The smallest absolute Gasteiger partial charge is 0.243 e. The average molecular weight is 384 g/mol. The van der Waals surface area contributed by atoms with Crippen LogP contribution in [0.25, 0.3) is 0 Å². The molecule has 0 bridgehead atoms. The predicted octanol–water partition coefficient (Wildman–Crippen LogP) is 2.18. The first kappa shape index (κ1) is 15.9. The summed E-state index contributed by atoms with van der Waals surface area (Å²) in [6.07, 6.45) is 3.78. The highest BCUT2D eigenvalue weighted by Gasteiger charge is 2.32. The Kier molecular flexibility index (Phi) is 4.55. The average Bonchev–Trinajstić information content (AvgIpc) is 2.46. The lowest BCUT2D eigenvalue weighted by atomic mass is 9.91. The lowest BCUT2D eigenvalue weighted by Gasteiger charge is -2.42. The van der Waals surface area contributed by atoms with Crippen LogP contribution < -0.4 is 0 Å². The van der Waals surface area contributed by atoms with Gasteiger partial charge in [0.05, 0.1) is 10.5 Å². The molecule has 1 saturated carbocycles. The van der Waals surface area contributed by atoms with Crippen molar-refractivity contribution < 1.29 is 8.42 Å². The molecule has 0 atom stereocenters. The van der Waals surface area contributed by atoms with Gasteiger partial charge < -0.3 is 0 Å². The number of hydrogen-bond donors (Lipinski definition) is 0. The molecular weight excluding hydrogens is 366 g/mol. The molecule has 1 saturated heterocycles. The summed E-state index contributed by atoms with van der Waals surface area (Å²) in [7, 11) is -3.48. The van der Waals surface area contributed by atoms with Crippen LogP contribution in [-0.4, -0.2) is 49.8 Å². The van der Waals surface area contributed by atoms with Crippen molar-refractivity contribution in [2.45, 2.75) is 30.2 Å². The lowest BCUT2D eigenvalue weighted by molar-refractivity contribution is 0.0889. The highest BCUT2D eigenvalue weighted by Crippen LogP contribution is 2.28. The van der Waals surface area contributed by atoms with E-state index in [1.807, 2.05) is 6.07 Å². The monoisotopic (exact) mass is 383 g/mol. The molecule has 1 aliphatic carbocycles. The Morgan fingerprint density at radius 2 is 1.86 bits per heavy atom. The number of piperazine rings is 1. The van der Waals surface area contributed by atoms with Crippen LogP contribution >= 0.6 is 15.9 Å². The minimum atomic E-state index is -3.48. The van der Waals surface area contributed by atoms with Crippen molar-refractivity contribution >= 4 is 26.0 Å². The van der Waals surface area contributed by atoms with E-state index in [-0.39, 0.29) is 4.90 Å². The Bertz CT molecular complexity index is 702. The summed E-state index contributed by atoms with van der Waals surface area (Å²) in [5, 5.41) is 8.93. The molecule has 0 amide bonds. The minimum absolute atomic E-state index is 0.246. The molecule has 7 heteroatoms. The van der Waals surface area contributed by atoms with Gasteiger partial charge in [-0.05, 0) is 47.0 Å². The summed E-state index contributed by atoms with van der Waals surface area (Å²) >= 11 is 3.26. The fraction of sp³-hybridized carbons (Fsp3) is 0.533. The highest BCUT2D eigenvalue weighted by atomic mass is 79.9. The summed E-state index contributed by atoms with van der Waals surface area (Å²) < 4.78 is 27.5. The molecule has 0 N–H and O–H groups in total. The third-order valence-corrected chi connectivity index (χ3v) is 7.11. The van der Waals surface area contributed by atoms with E-state index in [1.165, 1.54) is 31.4 Å². The number of halogens is 1. The van der Waals surface area contributed by atoms with Gasteiger partial charge in [0, 0.05) is 36.7 Å². The van der Waals surface area contributed by atoms with Crippen LogP contribution in [0.1, 0.15) is 24.8 Å². The maximum atomic E-state index is 12.7. The maximum absolute atomic E-state index is 12.7. The number of nitriles is 1.